The van der Waals surface area contributed by atoms with Crippen LogP contribution in [0.1, 0.15) is 47.1 Å². The number of amides is 1. The number of ether oxygens (including phenoxy) is 1. The van der Waals surface area contributed by atoms with Gasteiger partial charge in [0.1, 0.15) is 6.10 Å². The average molecular weight is 603 g/mol. The highest BCUT2D eigenvalue weighted by Gasteiger charge is 2.73. The van der Waals surface area contributed by atoms with Crippen LogP contribution < -0.4 is 4.74 Å². The van der Waals surface area contributed by atoms with Gasteiger partial charge in [-0.25, -0.2) is 0 Å². The highest BCUT2D eigenvalue weighted by molar-refractivity contribution is 5.94. The molecule has 2 aliphatic heterocycles. The summed E-state index contributed by atoms with van der Waals surface area (Å²) in [4.78, 5) is 17.3. The number of phenolic OH excluding ortho intramolecular Hbond substituents is 1. The number of rotatable bonds is 4. The van der Waals surface area contributed by atoms with Crippen LogP contribution in [0, 0.1) is 11.8 Å². The van der Waals surface area contributed by atoms with Gasteiger partial charge in [-0.2, -0.15) is 13.2 Å². The van der Waals surface area contributed by atoms with Crippen LogP contribution in [0.4, 0.5) is 13.2 Å². The van der Waals surface area contributed by atoms with Crippen molar-refractivity contribution < 1.29 is 32.9 Å². The molecular weight excluding hydrogens is 569 g/mol. The molecule has 2 fully saturated rings. The number of phenols is 1. The monoisotopic (exact) mass is 602 g/mol. The van der Waals surface area contributed by atoms with Crippen LogP contribution in [0.3, 0.4) is 0 Å². The zero-order chi connectivity index (χ0) is 30.9. The van der Waals surface area contributed by atoms with Crippen molar-refractivity contribution in [1.29, 1.82) is 0 Å². The van der Waals surface area contributed by atoms with Crippen LogP contribution in [0.25, 0.3) is 0 Å². The first-order valence-corrected chi connectivity index (χ1v) is 15.0. The SMILES string of the molecule is CN(C(=O)C#Cc1ccc(C(F)(F)F)cc1)[C@@H]1CC[C@@]2(O)[C@H]3Cc4ccc(O)c5c4[C@@]2(CCN3CCc2ccccc2)[C@H]1O5. The molecule has 9 heteroatoms. The van der Waals surface area contributed by atoms with E-state index in [9.17, 15) is 28.2 Å². The quantitative estimate of drug-likeness (QED) is 0.425. The van der Waals surface area contributed by atoms with Crippen molar-refractivity contribution in [2.24, 2.45) is 0 Å². The number of alkyl halides is 3. The Morgan fingerprint density at radius 2 is 1.84 bits per heavy atom. The molecule has 1 amide bonds. The van der Waals surface area contributed by atoms with Crippen LogP contribution >= 0.6 is 0 Å². The highest BCUT2D eigenvalue weighted by atomic mass is 19.4. The minimum Gasteiger partial charge on any atom is -0.504 e. The van der Waals surface area contributed by atoms with E-state index in [4.69, 9.17) is 4.74 Å². The van der Waals surface area contributed by atoms with Gasteiger partial charge in [-0.15, -0.1) is 0 Å². The molecule has 1 saturated heterocycles. The molecule has 2 heterocycles. The molecule has 44 heavy (non-hydrogen) atoms. The molecule has 0 aromatic heterocycles. The number of carbonyl (C=O) groups is 1. The van der Waals surface area contributed by atoms with Crippen molar-refractivity contribution in [3.8, 4) is 23.3 Å². The molecule has 228 valence electrons. The first-order valence-electron chi connectivity index (χ1n) is 15.0. The first kappa shape index (κ1) is 28.8. The van der Waals surface area contributed by atoms with E-state index in [0.717, 1.165) is 42.8 Å². The summed E-state index contributed by atoms with van der Waals surface area (Å²) in [5.41, 5.74) is 0.755. The largest absolute Gasteiger partial charge is 0.504 e. The van der Waals surface area contributed by atoms with Crippen molar-refractivity contribution in [2.75, 3.05) is 20.1 Å². The van der Waals surface area contributed by atoms with Crippen molar-refractivity contribution >= 4 is 5.91 Å². The third kappa shape index (κ3) is 4.30. The Bertz CT molecular complexity index is 1670. The van der Waals surface area contributed by atoms with Gasteiger partial charge in [0.15, 0.2) is 11.5 Å². The van der Waals surface area contributed by atoms with Crippen LogP contribution in [-0.4, -0.2) is 69.8 Å². The van der Waals surface area contributed by atoms with Gasteiger partial charge in [-0.1, -0.05) is 42.3 Å². The number of benzene rings is 3. The Hall–Kier alpha value is -4.00. The second-order valence-electron chi connectivity index (χ2n) is 12.5. The summed E-state index contributed by atoms with van der Waals surface area (Å²) in [6.07, 6.45) is -2.01. The fourth-order valence-corrected chi connectivity index (χ4v) is 8.29. The molecule has 6 nitrogen and oxygen atoms in total. The maximum atomic E-state index is 13.4. The van der Waals surface area contributed by atoms with Gasteiger partial charge in [0.25, 0.3) is 5.91 Å². The lowest BCUT2D eigenvalue weighted by Gasteiger charge is -2.64. The maximum absolute atomic E-state index is 13.4. The summed E-state index contributed by atoms with van der Waals surface area (Å²) >= 11 is 0. The number of aromatic hydroxyl groups is 1. The number of likely N-dealkylation sites (tertiary alicyclic amines) is 1. The van der Waals surface area contributed by atoms with E-state index in [1.54, 1.807) is 13.1 Å². The smallest absolute Gasteiger partial charge is 0.416 e. The number of piperidine rings is 1. The van der Waals surface area contributed by atoms with E-state index < -0.39 is 40.8 Å². The van der Waals surface area contributed by atoms with Crippen LogP contribution in [0.5, 0.6) is 11.5 Å². The van der Waals surface area contributed by atoms with Gasteiger partial charge in [0, 0.05) is 36.7 Å². The molecule has 7 rings (SSSR count). The first-order chi connectivity index (χ1) is 21.0. The summed E-state index contributed by atoms with van der Waals surface area (Å²) in [6.45, 7) is 1.55. The Balaban J connectivity index is 1.18. The lowest BCUT2D eigenvalue weighted by molar-refractivity contribution is -0.199. The minimum absolute atomic E-state index is 0.0228. The van der Waals surface area contributed by atoms with Crippen LogP contribution in [-0.2, 0) is 29.2 Å². The van der Waals surface area contributed by atoms with Crippen LogP contribution in [0.2, 0.25) is 0 Å². The zero-order valence-electron chi connectivity index (χ0n) is 24.3. The maximum Gasteiger partial charge on any atom is 0.416 e. The van der Waals surface area contributed by atoms with E-state index in [1.165, 1.54) is 22.6 Å². The van der Waals surface area contributed by atoms with Gasteiger partial charge in [-0.05, 0) is 80.1 Å². The third-order valence-electron chi connectivity index (χ3n) is 10.4. The van der Waals surface area contributed by atoms with Gasteiger partial charge in [-0.3, -0.25) is 9.69 Å². The van der Waals surface area contributed by atoms with Gasteiger partial charge >= 0.3 is 6.18 Å². The normalized spacial score (nSPS) is 28.3. The summed E-state index contributed by atoms with van der Waals surface area (Å²) in [7, 11) is 1.65. The standard InChI is InChI=1S/C35H33F3N2O4/c1-39(29(42)14-9-23-7-11-25(12-8-23)35(36,37)38)26-15-17-34(43)28-21-24-10-13-27(41)31-30(24)33(34,32(26)44-31)18-20-40(28)19-16-22-5-3-2-4-6-22/h2-8,10-13,26,28,32,41,43H,15-21H2,1H3/t26-,28-,32+,33+,34-/m1/s1. The molecule has 2 aliphatic carbocycles. The predicted molar refractivity (Wildman–Crippen MR) is 157 cm³/mol. The topological polar surface area (TPSA) is 73.2 Å². The number of halogens is 3. The van der Waals surface area contributed by atoms with E-state index in [2.05, 4.69) is 28.9 Å². The molecule has 0 unspecified atom stereocenters. The van der Waals surface area contributed by atoms with Gasteiger partial charge < -0.3 is 19.8 Å². The summed E-state index contributed by atoms with van der Waals surface area (Å²) in [6, 6.07) is 17.7. The number of hydrogen-bond donors (Lipinski definition) is 2. The Morgan fingerprint density at radius 1 is 1.09 bits per heavy atom. The molecular formula is C35H33F3N2O4. The summed E-state index contributed by atoms with van der Waals surface area (Å²) < 4.78 is 45.4. The fraction of sp³-hybridized carbons (Fsp3) is 0.400. The molecule has 0 radical (unpaired) electrons. The Morgan fingerprint density at radius 3 is 2.57 bits per heavy atom. The van der Waals surface area contributed by atoms with Gasteiger partial charge in [0.05, 0.1) is 22.6 Å². The number of nitrogens with zero attached hydrogens (tertiary/aromatic N) is 2. The highest BCUT2D eigenvalue weighted by Crippen LogP contribution is 2.65. The number of likely N-dealkylation sites (N-methyl/N-ethyl adjacent to an activating group) is 1. The second kappa shape index (κ2) is 10.3. The minimum atomic E-state index is -4.45. The predicted octanol–water partition coefficient (Wildman–Crippen LogP) is 4.69. The number of aliphatic hydroxyl groups is 1. The zero-order valence-corrected chi connectivity index (χ0v) is 24.3. The summed E-state index contributed by atoms with van der Waals surface area (Å²) in [5.74, 6) is 5.21. The molecule has 3 aromatic carbocycles. The molecule has 1 saturated carbocycles. The van der Waals surface area contributed by atoms with Gasteiger partial charge in [0.2, 0.25) is 0 Å². The number of carbonyl (C=O) groups excluding carboxylic acids is 1. The van der Waals surface area contributed by atoms with Crippen LogP contribution in [0.15, 0.2) is 66.7 Å². The van der Waals surface area contributed by atoms with Crippen molar-refractivity contribution in [3.63, 3.8) is 0 Å². The lowest BCUT2D eigenvalue weighted by atomic mass is 9.48. The fourth-order valence-electron chi connectivity index (χ4n) is 8.29. The second-order valence-corrected chi connectivity index (χ2v) is 12.5. The average Bonchev–Trinajstić information content (AvgIpc) is 3.36. The van der Waals surface area contributed by atoms with E-state index in [0.29, 0.717) is 37.0 Å². The molecule has 2 N–H and O–H groups in total. The molecule has 3 aromatic rings. The van der Waals surface area contributed by atoms with Crippen molar-refractivity contribution in [1.82, 2.24) is 9.80 Å². The van der Waals surface area contributed by atoms with Crippen molar-refractivity contribution in [3.05, 3.63) is 94.5 Å². The molecule has 1 spiro atoms. The third-order valence-corrected chi connectivity index (χ3v) is 10.4. The number of hydrogen-bond acceptors (Lipinski definition) is 5. The van der Waals surface area contributed by atoms with E-state index >= 15 is 0 Å². The molecule has 4 aliphatic rings. The van der Waals surface area contributed by atoms with E-state index in [-0.39, 0.29) is 11.8 Å². The lowest BCUT2D eigenvalue weighted by Crippen LogP contribution is -2.78. The Labute approximate surface area is 254 Å². The Kier molecular flexibility index (Phi) is 6.72. The summed E-state index contributed by atoms with van der Waals surface area (Å²) in [5, 5.41) is 23.6. The van der Waals surface area contributed by atoms with Crippen molar-refractivity contribution in [2.45, 2.75) is 67.5 Å². The van der Waals surface area contributed by atoms with E-state index in [1.807, 2.05) is 24.3 Å². The molecule has 2 bridgehead atoms. The molecule has 5 atom stereocenters.